The summed E-state index contributed by atoms with van der Waals surface area (Å²) in [5.41, 5.74) is 3.25. The zero-order valence-electron chi connectivity index (χ0n) is 11.9. The van der Waals surface area contributed by atoms with E-state index in [1.54, 1.807) is 6.07 Å². The first-order valence-corrected chi connectivity index (χ1v) is 7.79. The normalized spacial score (nSPS) is 14.8. The second-order valence-electron chi connectivity index (χ2n) is 5.37. The second-order valence-corrected chi connectivity index (χ2v) is 6.14. The summed E-state index contributed by atoms with van der Waals surface area (Å²) >= 11 is 1.42. The molecule has 0 bridgehead atoms. The number of halogens is 1. The molecule has 6 heteroatoms. The van der Waals surface area contributed by atoms with E-state index in [-0.39, 0.29) is 5.82 Å². The maximum absolute atomic E-state index is 14.1. The van der Waals surface area contributed by atoms with E-state index >= 15 is 0 Å². The van der Waals surface area contributed by atoms with Crippen LogP contribution in [0.5, 0.6) is 0 Å². The standard InChI is InChI=1S/C15H15FN4S/c1-8-12(15(17-2)21-19-8)14-18-13-10(16)4-3-5-11(13)20(14)9-6-7-9/h3-5,9,17H,6-7H2,1-2H3. The molecule has 0 saturated heterocycles. The van der Waals surface area contributed by atoms with Crippen LogP contribution in [0.15, 0.2) is 18.2 Å². The molecule has 1 saturated carbocycles. The van der Waals surface area contributed by atoms with Crippen LogP contribution in [0.4, 0.5) is 9.39 Å². The van der Waals surface area contributed by atoms with Crippen LogP contribution in [0.1, 0.15) is 24.6 Å². The monoisotopic (exact) mass is 302 g/mol. The fourth-order valence-corrected chi connectivity index (χ4v) is 3.51. The summed E-state index contributed by atoms with van der Waals surface area (Å²) in [6, 6.07) is 5.59. The van der Waals surface area contributed by atoms with Crippen LogP contribution in [-0.2, 0) is 0 Å². The highest BCUT2D eigenvalue weighted by atomic mass is 32.1. The van der Waals surface area contributed by atoms with E-state index < -0.39 is 0 Å². The lowest BCUT2D eigenvalue weighted by Crippen LogP contribution is -1.99. The van der Waals surface area contributed by atoms with E-state index in [4.69, 9.17) is 0 Å². The van der Waals surface area contributed by atoms with Gasteiger partial charge in [-0.2, -0.15) is 4.37 Å². The first-order valence-electron chi connectivity index (χ1n) is 7.01. The molecule has 4 rings (SSSR count). The quantitative estimate of drug-likeness (QED) is 0.795. The van der Waals surface area contributed by atoms with Gasteiger partial charge in [-0.05, 0) is 43.4 Å². The Morgan fingerprint density at radius 2 is 2.19 bits per heavy atom. The zero-order chi connectivity index (χ0) is 14.6. The van der Waals surface area contributed by atoms with Crippen LogP contribution in [0, 0.1) is 12.7 Å². The Kier molecular flexibility index (Phi) is 2.75. The van der Waals surface area contributed by atoms with E-state index in [0.29, 0.717) is 11.6 Å². The molecule has 0 atom stereocenters. The van der Waals surface area contributed by atoms with E-state index in [9.17, 15) is 4.39 Å². The van der Waals surface area contributed by atoms with Crippen LogP contribution in [-0.4, -0.2) is 21.0 Å². The largest absolute Gasteiger partial charge is 0.378 e. The number of anilines is 1. The van der Waals surface area contributed by atoms with Crippen molar-refractivity contribution >= 4 is 27.6 Å². The molecule has 21 heavy (non-hydrogen) atoms. The molecule has 0 spiro atoms. The van der Waals surface area contributed by atoms with Gasteiger partial charge in [-0.1, -0.05) is 6.07 Å². The Morgan fingerprint density at radius 3 is 2.90 bits per heavy atom. The van der Waals surface area contributed by atoms with E-state index in [2.05, 4.69) is 19.2 Å². The number of fused-ring (bicyclic) bond motifs is 1. The van der Waals surface area contributed by atoms with Gasteiger partial charge >= 0.3 is 0 Å². The molecule has 1 aliphatic rings. The van der Waals surface area contributed by atoms with Crippen LogP contribution < -0.4 is 5.32 Å². The topological polar surface area (TPSA) is 42.7 Å². The van der Waals surface area contributed by atoms with Gasteiger partial charge in [0.05, 0.1) is 16.8 Å². The van der Waals surface area contributed by atoms with Crippen molar-refractivity contribution in [1.29, 1.82) is 0 Å². The molecule has 0 radical (unpaired) electrons. The number of benzene rings is 1. The van der Waals surface area contributed by atoms with Crippen LogP contribution in [0.2, 0.25) is 0 Å². The summed E-state index contributed by atoms with van der Waals surface area (Å²) in [6.45, 7) is 1.97. The summed E-state index contributed by atoms with van der Waals surface area (Å²) in [5, 5.41) is 4.15. The summed E-state index contributed by atoms with van der Waals surface area (Å²) in [5.74, 6) is 0.563. The molecule has 0 aliphatic heterocycles. The third-order valence-corrected chi connectivity index (χ3v) is 4.85. The van der Waals surface area contributed by atoms with Crippen molar-refractivity contribution in [1.82, 2.24) is 13.9 Å². The molecular weight excluding hydrogens is 287 g/mol. The number of para-hydroxylation sites is 1. The smallest absolute Gasteiger partial charge is 0.151 e. The molecule has 2 aromatic heterocycles. The number of hydrogen-bond acceptors (Lipinski definition) is 4. The van der Waals surface area contributed by atoms with Gasteiger partial charge in [-0.3, -0.25) is 0 Å². The van der Waals surface area contributed by atoms with E-state index in [1.807, 2.05) is 20.0 Å². The predicted octanol–water partition coefficient (Wildman–Crippen LogP) is 3.98. The Hall–Kier alpha value is -1.95. The summed E-state index contributed by atoms with van der Waals surface area (Å²) in [7, 11) is 1.88. The second kappa shape index (κ2) is 4.53. The van der Waals surface area contributed by atoms with Crippen molar-refractivity contribution in [2.45, 2.75) is 25.8 Å². The molecule has 1 aliphatic carbocycles. The van der Waals surface area contributed by atoms with Gasteiger partial charge in [0.2, 0.25) is 0 Å². The minimum absolute atomic E-state index is 0.264. The van der Waals surface area contributed by atoms with Crippen molar-refractivity contribution in [3.63, 3.8) is 0 Å². The average Bonchev–Trinajstić information content (AvgIpc) is 3.13. The molecule has 1 fully saturated rings. The van der Waals surface area contributed by atoms with Crippen molar-refractivity contribution in [3.8, 4) is 11.4 Å². The van der Waals surface area contributed by atoms with Gasteiger partial charge in [0.25, 0.3) is 0 Å². The van der Waals surface area contributed by atoms with Gasteiger partial charge < -0.3 is 9.88 Å². The Balaban J connectivity index is 2.06. The van der Waals surface area contributed by atoms with Crippen molar-refractivity contribution < 1.29 is 4.39 Å². The molecule has 1 aromatic carbocycles. The lowest BCUT2D eigenvalue weighted by atomic mass is 10.2. The molecule has 4 nitrogen and oxygen atoms in total. The highest BCUT2D eigenvalue weighted by molar-refractivity contribution is 7.10. The summed E-state index contributed by atoms with van der Waals surface area (Å²) in [4.78, 5) is 4.60. The number of aryl methyl sites for hydroxylation is 1. The Labute approximate surface area is 125 Å². The Bertz CT molecular complexity index is 832. The number of imidazole rings is 1. The minimum Gasteiger partial charge on any atom is -0.378 e. The van der Waals surface area contributed by atoms with Gasteiger partial charge in [-0.25, -0.2) is 9.37 Å². The zero-order valence-corrected chi connectivity index (χ0v) is 12.7. The highest BCUT2D eigenvalue weighted by Crippen LogP contribution is 2.44. The number of rotatable bonds is 3. The predicted molar refractivity (Wildman–Crippen MR) is 83.4 cm³/mol. The van der Waals surface area contributed by atoms with Crippen LogP contribution in [0.25, 0.3) is 22.4 Å². The molecule has 3 aromatic rings. The SMILES string of the molecule is CNc1snc(C)c1-c1nc2c(F)cccc2n1C1CC1. The number of aromatic nitrogens is 3. The average molecular weight is 302 g/mol. The third-order valence-electron chi connectivity index (χ3n) is 3.90. The van der Waals surface area contributed by atoms with Crippen molar-refractivity contribution in [3.05, 3.63) is 29.7 Å². The Morgan fingerprint density at radius 1 is 1.38 bits per heavy atom. The van der Waals surface area contributed by atoms with E-state index in [1.165, 1.54) is 17.6 Å². The molecule has 1 N–H and O–H groups in total. The van der Waals surface area contributed by atoms with Gasteiger partial charge in [0.15, 0.2) is 5.82 Å². The fraction of sp³-hybridized carbons (Fsp3) is 0.333. The fourth-order valence-electron chi connectivity index (χ4n) is 2.77. The molecular formula is C15H15FN4S. The molecule has 0 amide bonds. The van der Waals surface area contributed by atoms with E-state index in [0.717, 1.165) is 40.4 Å². The van der Waals surface area contributed by atoms with Crippen LogP contribution in [0.3, 0.4) is 0 Å². The first-order chi connectivity index (χ1) is 10.2. The highest BCUT2D eigenvalue weighted by Gasteiger charge is 2.31. The molecule has 2 heterocycles. The lowest BCUT2D eigenvalue weighted by molar-refractivity contribution is 0.637. The summed E-state index contributed by atoms with van der Waals surface area (Å²) < 4.78 is 20.7. The van der Waals surface area contributed by atoms with Gasteiger partial charge in [-0.15, -0.1) is 0 Å². The minimum atomic E-state index is -0.264. The number of nitrogens with zero attached hydrogens (tertiary/aromatic N) is 3. The number of hydrogen-bond donors (Lipinski definition) is 1. The first kappa shape index (κ1) is 12.8. The lowest BCUT2D eigenvalue weighted by Gasteiger charge is -2.08. The maximum atomic E-state index is 14.1. The summed E-state index contributed by atoms with van der Waals surface area (Å²) in [6.07, 6.45) is 2.25. The molecule has 0 unspecified atom stereocenters. The number of nitrogens with one attached hydrogen (secondary N) is 1. The molecule has 108 valence electrons. The third kappa shape index (κ3) is 1.86. The van der Waals surface area contributed by atoms with Crippen molar-refractivity contribution in [2.75, 3.05) is 12.4 Å². The maximum Gasteiger partial charge on any atom is 0.151 e. The van der Waals surface area contributed by atoms with Crippen molar-refractivity contribution in [2.24, 2.45) is 0 Å². The van der Waals surface area contributed by atoms with Gasteiger partial charge in [0.1, 0.15) is 16.3 Å². The van der Waals surface area contributed by atoms with Crippen LogP contribution >= 0.6 is 11.5 Å². The van der Waals surface area contributed by atoms with Gasteiger partial charge in [0, 0.05) is 13.1 Å².